The van der Waals surface area contributed by atoms with Gasteiger partial charge in [0.1, 0.15) is 0 Å². The smallest absolute Gasteiger partial charge is 0.191 e. The Balaban J connectivity index is 2.13. The first-order valence-electron chi connectivity index (χ1n) is 7.04. The number of aryl methyl sites for hydroxylation is 1. The van der Waals surface area contributed by atoms with Crippen LogP contribution in [0.2, 0.25) is 0 Å². The Morgan fingerprint density at radius 2 is 2.25 bits per heavy atom. The molecule has 0 aromatic carbocycles. The zero-order valence-electron chi connectivity index (χ0n) is 12.9. The first kappa shape index (κ1) is 16.9. The molecule has 0 fully saturated rings. The van der Waals surface area contributed by atoms with Crippen molar-refractivity contribution in [2.75, 3.05) is 26.8 Å². The lowest BCUT2D eigenvalue weighted by Gasteiger charge is -2.12. The van der Waals surface area contributed by atoms with Gasteiger partial charge < -0.3 is 15.4 Å². The number of nitrogens with zero attached hydrogens (tertiary/aromatic N) is 2. The Kier molecular flexibility index (Phi) is 8.22. The zero-order valence-corrected chi connectivity index (χ0v) is 13.7. The summed E-state index contributed by atoms with van der Waals surface area (Å²) in [6.07, 6.45) is 0.979. The SMILES string of the molecule is CN=C(NCCCOCC(C)C)NCc1scnc1C. The van der Waals surface area contributed by atoms with E-state index in [2.05, 4.69) is 34.5 Å². The van der Waals surface area contributed by atoms with Crippen molar-refractivity contribution in [3.63, 3.8) is 0 Å². The predicted molar refractivity (Wildman–Crippen MR) is 85.3 cm³/mol. The fourth-order valence-corrected chi connectivity index (χ4v) is 2.30. The van der Waals surface area contributed by atoms with Crippen molar-refractivity contribution in [3.8, 4) is 0 Å². The van der Waals surface area contributed by atoms with E-state index in [-0.39, 0.29) is 0 Å². The minimum absolute atomic E-state index is 0.597. The van der Waals surface area contributed by atoms with Crippen LogP contribution in [0.1, 0.15) is 30.8 Å². The summed E-state index contributed by atoms with van der Waals surface area (Å²) in [6, 6.07) is 0. The molecule has 20 heavy (non-hydrogen) atoms. The van der Waals surface area contributed by atoms with E-state index in [1.54, 1.807) is 18.4 Å². The van der Waals surface area contributed by atoms with Gasteiger partial charge in [-0.3, -0.25) is 4.99 Å². The van der Waals surface area contributed by atoms with E-state index in [0.717, 1.165) is 44.4 Å². The molecule has 114 valence electrons. The lowest BCUT2D eigenvalue weighted by atomic mass is 10.2. The summed E-state index contributed by atoms with van der Waals surface area (Å²) in [7, 11) is 1.78. The Bertz CT molecular complexity index is 404. The summed E-state index contributed by atoms with van der Waals surface area (Å²) >= 11 is 1.66. The summed E-state index contributed by atoms with van der Waals surface area (Å²) in [4.78, 5) is 9.68. The molecule has 0 aliphatic carbocycles. The van der Waals surface area contributed by atoms with Gasteiger partial charge in [-0.25, -0.2) is 4.98 Å². The van der Waals surface area contributed by atoms with Crippen molar-refractivity contribution in [1.29, 1.82) is 0 Å². The number of nitrogens with one attached hydrogen (secondary N) is 2. The van der Waals surface area contributed by atoms with Crippen LogP contribution in [-0.4, -0.2) is 37.7 Å². The highest BCUT2D eigenvalue weighted by Crippen LogP contribution is 2.10. The molecule has 0 bridgehead atoms. The largest absolute Gasteiger partial charge is 0.381 e. The van der Waals surface area contributed by atoms with Crippen molar-refractivity contribution >= 4 is 17.3 Å². The van der Waals surface area contributed by atoms with Gasteiger partial charge in [0.2, 0.25) is 0 Å². The van der Waals surface area contributed by atoms with Gasteiger partial charge in [-0.1, -0.05) is 13.8 Å². The second-order valence-electron chi connectivity index (χ2n) is 5.04. The molecule has 1 aromatic heterocycles. The molecule has 1 rings (SSSR count). The number of aliphatic imine (C=N–C) groups is 1. The minimum atomic E-state index is 0.597. The average Bonchev–Trinajstić information content (AvgIpc) is 2.82. The molecule has 1 heterocycles. The molecule has 0 spiro atoms. The summed E-state index contributed by atoms with van der Waals surface area (Å²) in [6.45, 7) is 9.58. The van der Waals surface area contributed by atoms with E-state index in [4.69, 9.17) is 4.74 Å². The first-order chi connectivity index (χ1) is 9.63. The number of hydrogen-bond donors (Lipinski definition) is 2. The number of thiazole rings is 1. The topological polar surface area (TPSA) is 58.5 Å². The molecule has 0 saturated carbocycles. The van der Waals surface area contributed by atoms with Crippen LogP contribution < -0.4 is 10.6 Å². The molecular formula is C14H26N4OS. The van der Waals surface area contributed by atoms with Crippen molar-refractivity contribution in [2.45, 2.75) is 33.7 Å². The van der Waals surface area contributed by atoms with Crippen LogP contribution in [0.5, 0.6) is 0 Å². The van der Waals surface area contributed by atoms with Crippen LogP contribution in [0.4, 0.5) is 0 Å². The normalized spacial score (nSPS) is 11.9. The lowest BCUT2D eigenvalue weighted by Crippen LogP contribution is -2.37. The number of guanidine groups is 1. The third-order valence-corrected chi connectivity index (χ3v) is 3.63. The molecule has 0 aliphatic heterocycles. The predicted octanol–water partition coefficient (Wildman–Crippen LogP) is 2.18. The minimum Gasteiger partial charge on any atom is -0.381 e. The second-order valence-corrected chi connectivity index (χ2v) is 5.98. The van der Waals surface area contributed by atoms with Crippen LogP contribution in [0.25, 0.3) is 0 Å². The van der Waals surface area contributed by atoms with E-state index in [0.29, 0.717) is 5.92 Å². The van der Waals surface area contributed by atoms with Gasteiger partial charge in [-0.2, -0.15) is 0 Å². The third kappa shape index (κ3) is 6.86. The Labute approximate surface area is 125 Å². The van der Waals surface area contributed by atoms with E-state index < -0.39 is 0 Å². The number of rotatable bonds is 8. The van der Waals surface area contributed by atoms with Gasteiger partial charge in [-0.15, -0.1) is 11.3 Å². The molecule has 2 N–H and O–H groups in total. The van der Waals surface area contributed by atoms with Crippen LogP contribution in [-0.2, 0) is 11.3 Å². The molecule has 0 aliphatic rings. The molecule has 0 unspecified atom stereocenters. The van der Waals surface area contributed by atoms with Crippen molar-refractivity contribution in [1.82, 2.24) is 15.6 Å². The molecule has 0 radical (unpaired) electrons. The molecular weight excluding hydrogens is 272 g/mol. The maximum atomic E-state index is 5.54. The van der Waals surface area contributed by atoms with Gasteiger partial charge in [0.15, 0.2) is 5.96 Å². The van der Waals surface area contributed by atoms with Gasteiger partial charge in [0.05, 0.1) is 17.7 Å². The van der Waals surface area contributed by atoms with Crippen molar-refractivity contribution in [3.05, 3.63) is 16.1 Å². The maximum absolute atomic E-state index is 5.54. The standard InChI is InChI=1S/C14H26N4OS/c1-11(2)9-19-7-5-6-16-14(15-4)17-8-13-12(3)18-10-20-13/h10-11H,5-9H2,1-4H3,(H2,15,16,17). The highest BCUT2D eigenvalue weighted by atomic mass is 32.1. The van der Waals surface area contributed by atoms with Crippen LogP contribution in [0, 0.1) is 12.8 Å². The Morgan fingerprint density at radius 1 is 1.45 bits per heavy atom. The van der Waals surface area contributed by atoms with Crippen LogP contribution in [0.15, 0.2) is 10.5 Å². The molecule has 0 atom stereocenters. The number of ether oxygens (including phenoxy) is 1. The second kappa shape index (κ2) is 9.72. The van der Waals surface area contributed by atoms with Gasteiger partial charge in [-0.05, 0) is 19.3 Å². The fourth-order valence-electron chi connectivity index (χ4n) is 1.58. The van der Waals surface area contributed by atoms with E-state index >= 15 is 0 Å². The lowest BCUT2D eigenvalue weighted by molar-refractivity contribution is 0.108. The maximum Gasteiger partial charge on any atom is 0.191 e. The van der Waals surface area contributed by atoms with Crippen molar-refractivity contribution in [2.24, 2.45) is 10.9 Å². The van der Waals surface area contributed by atoms with Gasteiger partial charge >= 0.3 is 0 Å². The molecule has 5 nitrogen and oxygen atoms in total. The first-order valence-corrected chi connectivity index (χ1v) is 7.92. The third-order valence-electron chi connectivity index (χ3n) is 2.69. The zero-order chi connectivity index (χ0) is 14.8. The van der Waals surface area contributed by atoms with Crippen LogP contribution >= 0.6 is 11.3 Å². The Morgan fingerprint density at radius 3 is 2.85 bits per heavy atom. The Hall–Kier alpha value is -1.14. The van der Waals surface area contributed by atoms with E-state index in [1.165, 1.54) is 4.88 Å². The molecule has 6 heteroatoms. The van der Waals surface area contributed by atoms with Crippen molar-refractivity contribution < 1.29 is 4.74 Å². The van der Waals surface area contributed by atoms with Crippen LogP contribution in [0.3, 0.4) is 0 Å². The van der Waals surface area contributed by atoms with Gasteiger partial charge in [0.25, 0.3) is 0 Å². The quantitative estimate of drug-likeness (QED) is 0.439. The van der Waals surface area contributed by atoms with E-state index in [1.807, 2.05) is 12.4 Å². The summed E-state index contributed by atoms with van der Waals surface area (Å²) in [5.74, 6) is 1.42. The summed E-state index contributed by atoms with van der Waals surface area (Å²) in [5.41, 5.74) is 2.95. The van der Waals surface area contributed by atoms with Gasteiger partial charge in [0, 0.05) is 31.7 Å². The summed E-state index contributed by atoms with van der Waals surface area (Å²) in [5, 5.41) is 6.57. The summed E-state index contributed by atoms with van der Waals surface area (Å²) < 4.78 is 5.54. The average molecular weight is 298 g/mol. The monoisotopic (exact) mass is 298 g/mol. The highest BCUT2D eigenvalue weighted by molar-refractivity contribution is 7.09. The fraction of sp³-hybridized carbons (Fsp3) is 0.714. The molecule has 0 saturated heterocycles. The molecule has 1 aromatic rings. The number of aromatic nitrogens is 1. The molecule has 0 amide bonds. The highest BCUT2D eigenvalue weighted by Gasteiger charge is 2.02. The van der Waals surface area contributed by atoms with E-state index in [9.17, 15) is 0 Å². The number of hydrogen-bond acceptors (Lipinski definition) is 4.